The molecule has 0 N–H and O–H groups in total. The molecule has 3 aromatic carbocycles. The lowest BCUT2D eigenvalue weighted by Crippen LogP contribution is -2.39. The Kier molecular flexibility index (Phi) is 9.64. The van der Waals surface area contributed by atoms with Gasteiger partial charge in [0.15, 0.2) is 16.3 Å². The van der Waals surface area contributed by atoms with Gasteiger partial charge in [-0.1, -0.05) is 48.3 Å². The Balaban J connectivity index is 1.54. The normalized spacial score (nSPS) is 14.1. The first-order valence-corrected chi connectivity index (χ1v) is 16.4. The van der Waals surface area contributed by atoms with Crippen LogP contribution in [0.2, 0.25) is 0 Å². The number of para-hydroxylation sites is 1. The van der Waals surface area contributed by atoms with E-state index in [0.29, 0.717) is 38.5 Å². The minimum Gasteiger partial charge on any atom is -0.493 e. The van der Waals surface area contributed by atoms with Crippen LogP contribution in [0.4, 0.5) is 0 Å². The zero-order chi connectivity index (χ0) is 35.5. The summed E-state index contributed by atoms with van der Waals surface area (Å²) >= 11 is 1.20. The predicted octanol–water partition coefficient (Wildman–Crippen LogP) is 5.07. The quantitative estimate of drug-likeness (QED) is 0.113. The molecule has 12 heteroatoms. The van der Waals surface area contributed by atoms with Crippen LogP contribution in [-0.2, 0) is 14.3 Å². The Bertz CT molecular complexity index is 2350. The fourth-order valence-corrected chi connectivity index (χ4v) is 6.82. The van der Waals surface area contributed by atoms with E-state index in [4.69, 9.17) is 24.0 Å². The minimum atomic E-state index is -0.904. The van der Waals surface area contributed by atoms with Gasteiger partial charge < -0.3 is 18.9 Å². The van der Waals surface area contributed by atoms with Crippen molar-refractivity contribution in [1.82, 2.24) is 14.3 Å². The summed E-state index contributed by atoms with van der Waals surface area (Å²) in [6, 6.07) is 19.5. The molecule has 11 nitrogen and oxygen atoms in total. The molecule has 0 spiro atoms. The predicted molar refractivity (Wildman–Crippen MR) is 190 cm³/mol. The van der Waals surface area contributed by atoms with Crippen LogP contribution in [0.3, 0.4) is 0 Å². The SMILES string of the molecule is C=CCOc1ccc(-c2nn(-c3ccccc3)cc2/C=c2\sc3n(c2=O)C(c2ccc(OC(C)=O)c(OC)c2)C(C(=O)OC)=C(C)N=3)cc1C. The molecule has 0 amide bonds. The first-order chi connectivity index (χ1) is 24.1. The van der Waals surface area contributed by atoms with Crippen LogP contribution in [0.5, 0.6) is 17.2 Å². The van der Waals surface area contributed by atoms with Crippen molar-refractivity contribution in [1.29, 1.82) is 0 Å². The van der Waals surface area contributed by atoms with Gasteiger partial charge in [-0.25, -0.2) is 14.5 Å². The van der Waals surface area contributed by atoms with Gasteiger partial charge in [-0.2, -0.15) is 5.10 Å². The van der Waals surface area contributed by atoms with E-state index in [0.717, 1.165) is 22.6 Å². The number of aromatic nitrogens is 3. The molecule has 3 heterocycles. The molecule has 1 aliphatic heterocycles. The lowest BCUT2D eigenvalue weighted by Gasteiger charge is -2.25. The third-order valence-corrected chi connectivity index (χ3v) is 9.02. The zero-order valence-corrected chi connectivity index (χ0v) is 28.9. The summed E-state index contributed by atoms with van der Waals surface area (Å²) in [5.74, 6) is 0.0520. The van der Waals surface area contributed by atoms with Crippen molar-refractivity contribution in [3.8, 4) is 34.2 Å². The molecule has 1 unspecified atom stereocenters. The molecule has 0 fully saturated rings. The Morgan fingerprint density at radius 2 is 1.76 bits per heavy atom. The average Bonchev–Trinajstić information content (AvgIpc) is 3.67. The summed E-state index contributed by atoms with van der Waals surface area (Å²) in [5.41, 5.74) is 4.74. The Hall–Kier alpha value is -6.01. The maximum absolute atomic E-state index is 14.4. The number of allylic oxidation sites excluding steroid dienone is 1. The third-order valence-electron chi connectivity index (χ3n) is 8.04. The largest absolute Gasteiger partial charge is 0.493 e. The monoisotopic (exact) mass is 690 g/mol. The summed E-state index contributed by atoms with van der Waals surface area (Å²) in [6.07, 6.45) is 5.36. The van der Waals surface area contributed by atoms with Gasteiger partial charge in [-0.3, -0.25) is 14.2 Å². The van der Waals surface area contributed by atoms with E-state index in [9.17, 15) is 14.4 Å². The number of esters is 2. The van der Waals surface area contributed by atoms with Gasteiger partial charge in [0.25, 0.3) is 5.56 Å². The summed E-state index contributed by atoms with van der Waals surface area (Å²) in [7, 11) is 2.72. The highest BCUT2D eigenvalue weighted by Gasteiger charge is 2.34. The molecule has 0 aliphatic carbocycles. The van der Waals surface area contributed by atoms with Gasteiger partial charge in [-0.15, -0.1) is 0 Å². The second kappa shape index (κ2) is 14.2. The lowest BCUT2D eigenvalue weighted by atomic mass is 9.95. The van der Waals surface area contributed by atoms with Crippen molar-refractivity contribution in [3.05, 3.63) is 133 Å². The van der Waals surface area contributed by atoms with Gasteiger partial charge >= 0.3 is 11.9 Å². The first kappa shape index (κ1) is 33.9. The van der Waals surface area contributed by atoms with E-state index in [1.165, 1.54) is 37.0 Å². The highest BCUT2D eigenvalue weighted by atomic mass is 32.1. The van der Waals surface area contributed by atoms with Crippen LogP contribution in [0, 0.1) is 6.92 Å². The highest BCUT2D eigenvalue weighted by Crippen LogP contribution is 2.36. The van der Waals surface area contributed by atoms with Crippen molar-refractivity contribution in [3.63, 3.8) is 0 Å². The maximum atomic E-state index is 14.4. The van der Waals surface area contributed by atoms with Crippen LogP contribution >= 0.6 is 11.3 Å². The third kappa shape index (κ3) is 6.52. The molecule has 0 radical (unpaired) electrons. The van der Waals surface area contributed by atoms with E-state index in [1.54, 1.807) is 42.0 Å². The van der Waals surface area contributed by atoms with Gasteiger partial charge in [0, 0.05) is 24.2 Å². The molecule has 0 saturated carbocycles. The Morgan fingerprint density at radius 1 is 1.00 bits per heavy atom. The van der Waals surface area contributed by atoms with E-state index in [-0.39, 0.29) is 22.6 Å². The maximum Gasteiger partial charge on any atom is 0.338 e. The van der Waals surface area contributed by atoms with E-state index < -0.39 is 18.0 Å². The molecule has 1 atom stereocenters. The minimum absolute atomic E-state index is 0.195. The standard InChI is InChI=1S/C38H34N4O7S/c1-7-17-48-29-15-13-25(18-22(29)2)34-27(21-41(40-34)28-11-9-8-10-12-28)20-32-36(44)42-35(33(37(45)47-6)23(3)39-38(42)50-32)26-14-16-30(49-24(4)43)31(19-26)46-5/h7-16,18-21,35H,1,17H2,2-6H3/b32-20-. The highest BCUT2D eigenvalue weighted by molar-refractivity contribution is 7.07. The summed E-state index contributed by atoms with van der Waals surface area (Å²) in [6.45, 7) is 9.06. The molecular weight excluding hydrogens is 657 g/mol. The lowest BCUT2D eigenvalue weighted by molar-refractivity contribution is -0.136. The van der Waals surface area contributed by atoms with Crippen molar-refractivity contribution in [2.75, 3.05) is 20.8 Å². The number of hydrogen-bond donors (Lipinski definition) is 0. The fourth-order valence-electron chi connectivity index (χ4n) is 5.78. The van der Waals surface area contributed by atoms with Gasteiger partial charge in [0.05, 0.1) is 41.8 Å². The number of thiazole rings is 1. The topological polar surface area (TPSA) is 123 Å². The van der Waals surface area contributed by atoms with Crippen molar-refractivity contribution in [2.45, 2.75) is 26.8 Å². The Morgan fingerprint density at radius 3 is 2.44 bits per heavy atom. The molecule has 6 rings (SSSR count). The number of carbonyl (C=O) groups is 2. The van der Waals surface area contributed by atoms with E-state index in [1.807, 2.05) is 61.7 Å². The van der Waals surface area contributed by atoms with Crippen LogP contribution in [0.25, 0.3) is 23.0 Å². The average molecular weight is 691 g/mol. The number of methoxy groups -OCH3 is 2. The van der Waals surface area contributed by atoms with Gasteiger partial charge in [0.2, 0.25) is 0 Å². The molecule has 1 aliphatic rings. The summed E-state index contributed by atoms with van der Waals surface area (Å²) in [5, 5.41) is 4.94. The number of fused-ring (bicyclic) bond motifs is 1. The molecule has 5 aromatic rings. The summed E-state index contributed by atoms with van der Waals surface area (Å²) < 4.78 is 25.4. The number of ether oxygens (including phenoxy) is 4. The number of carbonyl (C=O) groups excluding carboxylic acids is 2. The molecule has 2 aromatic heterocycles. The second-order valence-corrected chi connectivity index (χ2v) is 12.4. The molecule has 0 saturated heterocycles. The number of aryl methyl sites for hydroxylation is 1. The van der Waals surface area contributed by atoms with Crippen LogP contribution in [-0.4, -0.2) is 47.1 Å². The van der Waals surface area contributed by atoms with E-state index >= 15 is 0 Å². The van der Waals surface area contributed by atoms with Gasteiger partial charge in [-0.05, 0) is 73.5 Å². The van der Waals surface area contributed by atoms with Crippen molar-refractivity contribution < 1.29 is 28.5 Å². The second-order valence-electron chi connectivity index (χ2n) is 11.4. The van der Waals surface area contributed by atoms with Crippen molar-refractivity contribution in [2.24, 2.45) is 4.99 Å². The molecular formula is C38H34N4O7S. The number of rotatable bonds is 10. The fraction of sp³-hybridized carbons (Fsp3) is 0.184. The number of hydrogen-bond acceptors (Lipinski definition) is 10. The Labute approximate surface area is 291 Å². The first-order valence-electron chi connectivity index (χ1n) is 15.6. The van der Waals surface area contributed by atoms with Gasteiger partial charge in [0.1, 0.15) is 18.1 Å². The van der Waals surface area contributed by atoms with Crippen LogP contribution < -0.4 is 29.1 Å². The summed E-state index contributed by atoms with van der Waals surface area (Å²) in [4.78, 5) is 44.4. The molecule has 0 bridgehead atoms. The van der Waals surface area contributed by atoms with Crippen LogP contribution in [0.1, 0.15) is 36.6 Å². The van der Waals surface area contributed by atoms with E-state index in [2.05, 4.69) is 11.6 Å². The number of benzene rings is 3. The van der Waals surface area contributed by atoms with Crippen molar-refractivity contribution >= 4 is 29.4 Å². The molecule has 254 valence electrons. The van der Waals surface area contributed by atoms with Crippen LogP contribution in [0.15, 0.2) is 107 Å². The molecule has 50 heavy (non-hydrogen) atoms. The smallest absolute Gasteiger partial charge is 0.338 e. The number of nitrogens with zero attached hydrogens (tertiary/aromatic N) is 4. The zero-order valence-electron chi connectivity index (χ0n) is 28.1.